The lowest BCUT2D eigenvalue weighted by molar-refractivity contribution is -0.120. The summed E-state index contributed by atoms with van der Waals surface area (Å²) in [5.74, 6) is -0.00175. The molecule has 6 heteroatoms. The molecule has 23 heavy (non-hydrogen) atoms. The van der Waals surface area contributed by atoms with Crippen molar-refractivity contribution in [2.45, 2.75) is 58.1 Å². The zero-order chi connectivity index (χ0) is 16.9. The van der Waals surface area contributed by atoms with Gasteiger partial charge in [0.25, 0.3) is 0 Å². The average Bonchev–Trinajstić information content (AvgIpc) is 2.96. The van der Waals surface area contributed by atoms with E-state index in [0.717, 1.165) is 24.8 Å². The highest BCUT2D eigenvalue weighted by molar-refractivity contribution is 7.07. The van der Waals surface area contributed by atoms with Crippen LogP contribution in [-0.2, 0) is 16.0 Å². The summed E-state index contributed by atoms with van der Waals surface area (Å²) >= 11 is 1.59. The van der Waals surface area contributed by atoms with E-state index >= 15 is 0 Å². The van der Waals surface area contributed by atoms with Crippen LogP contribution in [0.3, 0.4) is 0 Å². The Bertz CT molecular complexity index is 522. The van der Waals surface area contributed by atoms with Gasteiger partial charge in [0, 0.05) is 13.1 Å². The van der Waals surface area contributed by atoms with Crippen molar-refractivity contribution in [3.05, 3.63) is 22.4 Å². The Morgan fingerprint density at radius 3 is 2.83 bits per heavy atom. The summed E-state index contributed by atoms with van der Waals surface area (Å²) in [6.07, 6.45) is 3.07. The predicted octanol–water partition coefficient (Wildman–Crippen LogP) is 3.20. The minimum atomic E-state index is -0.499. The number of nitrogens with zero attached hydrogens (tertiary/aromatic N) is 1. The fourth-order valence-electron chi connectivity index (χ4n) is 2.65. The van der Waals surface area contributed by atoms with Gasteiger partial charge >= 0.3 is 6.09 Å². The lowest BCUT2D eigenvalue weighted by Gasteiger charge is -2.36. The van der Waals surface area contributed by atoms with E-state index in [2.05, 4.69) is 5.32 Å². The predicted molar refractivity (Wildman–Crippen MR) is 91.6 cm³/mol. The monoisotopic (exact) mass is 338 g/mol. The maximum atomic E-state index is 12.3. The molecule has 1 fully saturated rings. The van der Waals surface area contributed by atoms with Gasteiger partial charge in [0.1, 0.15) is 5.60 Å². The molecule has 1 aromatic rings. The van der Waals surface area contributed by atoms with Crippen molar-refractivity contribution in [1.82, 2.24) is 10.2 Å². The van der Waals surface area contributed by atoms with Crippen molar-refractivity contribution in [1.29, 1.82) is 0 Å². The lowest BCUT2D eigenvalue weighted by Crippen LogP contribution is -2.51. The van der Waals surface area contributed by atoms with Gasteiger partial charge in [0.2, 0.25) is 5.91 Å². The van der Waals surface area contributed by atoms with Crippen molar-refractivity contribution in [3.8, 4) is 0 Å². The van der Waals surface area contributed by atoms with Gasteiger partial charge in [0.05, 0.1) is 12.5 Å². The maximum Gasteiger partial charge on any atom is 0.410 e. The molecule has 0 unspecified atom stereocenters. The van der Waals surface area contributed by atoms with Crippen molar-refractivity contribution in [2.24, 2.45) is 0 Å². The summed E-state index contributed by atoms with van der Waals surface area (Å²) in [7, 11) is 0. The number of piperidine rings is 1. The zero-order valence-corrected chi connectivity index (χ0v) is 14.9. The van der Waals surface area contributed by atoms with Gasteiger partial charge in [-0.3, -0.25) is 4.79 Å². The number of rotatable bonds is 4. The van der Waals surface area contributed by atoms with Crippen molar-refractivity contribution in [3.63, 3.8) is 0 Å². The first-order valence-corrected chi connectivity index (χ1v) is 9.07. The molecule has 1 aliphatic rings. The highest BCUT2D eigenvalue weighted by atomic mass is 32.1. The Balaban J connectivity index is 1.85. The van der Waals surface area contributed by atoms with Crippen LogP contribution < -0.4 is 5.32 Å². The van der Waals surface area contributed by atoms with Gasteiger partial charge < -0.3 is 15.0 Å². The fourth-order valence-corrected chi connectivity index (χ4v) is 3.32. The second-order valence-corrected chi connectivity index (χ2v) is 7.72. The van der Waals surface area contributed by atoms with E-state index < -0.39 is 5.60 Å². The Morgan fingerprint density at radius 2 is 2.17 bits per heavy atom. The van der Waals surface area contributed by atoms with Gasteiger partial charge in [-0.05, 0) is 62.4 Å². The van der Waals surface area contributed by atoms with Gasteiger partial charge in [0.15, 0.2) is 0 Å². The van der Waals surface area contributed by atoms with Crippen LogP contribution in [0.2, 0.25) is 0 Å². The molecule has 2 amide bonds. The van der Waals surface area contributed by atoms with E-state index in [9.17, 15) is 9.59 Å². The molecule has 0 aromatic carbocycles. The Hall–Kier alpha value is -1.56. The number of nitrogens with one attached hydrogen (secondary N) is 1. The van der Waals surface area contributed by atoms with E-state index in [1.165, 1.54) is 0 Å². The number of amides is 2. The van der Waals surface area contributed by atoms with Gasteiger partial charge in [-0.15, -0.1) is 0 Å². The molecule has 0 aliphatic carbocycles. The number of ether oxygens (including phenoxy) is 1. The third-order valence-electron chi connectivity index (χ3n) is 3.73. The van der Waals surface area contributed by atoms with Crippen LogP contribution in [0.25, 0.3) is 0 Å². The Labute approximate surface area is 142 Å². The van der Waals surface area contributed by atoms with Gasteiger partial charge in [-0.2, -0.15) is 11.3 Å². The number of hydrogen-bond acceptors (Lipinski definition) is 4. The highest BCUT2D eigenvalue weighted by Gasteiger charge is 2.30. The van der Waals surface area contributed by atoms with E-state index in [4.69, 9.17) is 4.74 Å². The van der Waals surface area contributed by atoms with Crippen LogP contribution in [0.15, 0.2) is 16.8 Å². The van der Waals surface area contributed by atoms with Crippen molar-refractivity contribution in [2.75, 3.05) is 13.1 Å². The summed E-state index contributed by atoms with van der Waals surface area (Å²) in [5, 5.41) is 6.90. The molecular formula is C17H26N2O3S. The maximum absolute atomic E-state index is 12.3. The first kappa shape index (κ1) is 17.8. The van der Waals surface area contributed by atoms with Crippen LogP contribution in [0, 0.1) is 0 Å². The molecular weight excluding hydrogens is 312 g/mol. The SMILES string of the molecule is CC(C)(C)OC(=O)N1CCCC[C@H]1CNC(=O)Cc1ccsc1. The second kappa shape index (κ2) is 7.81. The van der Waals surface area contributed by atoms with Crippen molar-refractivity contribution < 1.29 is 14.3 Å². The normalized spacial score (nSPS) is 18.6. The van der Waals surface area contributed by atoms with Crippen LogP contribution in [-0.4, -0.2) is 41.6 Å². The number of carbonyl (C=O) groups is 2. The molecule has 1 aliphatic heterocycles. The van der Waals surface area contributed by atoms with Gasteiger partial charge in [-0.1, -0.05) is 0 Å². The molecule has 0 spiro atoms. The molecule has 5 nitrogen and oxygen atoms in total. The van der Waals surface area contributed by atoms with E-state index in [-0.39, 0.29) is 18.0 Å². The third kappa shape index (κ3) is 5.86. The smallest absolute Gasteiger partial charge is 0.410 e. The Kier molecular flexibility index (Phi) is 6.04. The molecule has 2 rings (SSSR count). The molecule has 0 saturated carbocycles. The molecule has 0 bridgehead atoms. The number of hydrogen-bond donors (Lipinski definition) is 1. The number of likely N-dealkylation sites (tertiary alicyclic amines) is 1. The fraction of sp³-hybridized carbons (Fsp3) is 0.647. The summed E-state index contributed by atoms with van der Waals surface area (Å²) in [4.78, 5) is 26.1. The quantitative estimate of drug-likeness (QED) is 0.917. The number of carbonyl (C=O) groups excluding carboxylic acids is 2. The minimum Gasteiger partial charge on any atom is -0.444 e. The first-order chi connectivity index (χ1) is 10.8. The first-order valence-electron chi connectivity index (χ1n) is 8.12. The lowest BCUT2D eigenvalue weighted by atomic mass is 10.0. The number of thiophene rings is 1. The second-order valence-electron chi connectivity index (χ2n) is 6.94. The Morgan fingerprint density at radius 1 is 1.39 bits per heavy atom. The molecule has 1 aromatic heterocycles. The summed E-state index contributed by atoms with van der Waals surface area (Å²) in [6, 6.07) is 1.97. The molecule has 1 N–H and O–H groups in total. The third-order valence-corrected chi connectivity index (χ3v) is 4.47. The zero-order valence-electron chi connectivity index (χ0n) is 14.1. The molecule has 128 valence electrons. The van der Waals surface area contributed by atoms with Crippen LogP contribution in [0.5, 0.6) is 0 Å². The minimum absolute atomic E-state index is 0.00175. The molecule has 1 saturated heterocycles. The van der Waals surface area contributed by atoms with Crippen LogP contribution in [0.4, 0.5) is 4.79 Å². The van der Waals surface area contributed by atoms with Crippen LogP contribution >= 0.6 is 11.3 Å². The summed E-state index contributed by atoms with van der Waals surface area (Å²) in [5.41, 5.74) is 0.529. The highest BCUT2D eigenvalue weighted by Crippen LogP contribution is 2.20. The summed E-state index contributed by atoms with van der Waals surface area (Å²) < 4.78 is 5.48. The van der Waals surface area contributed by atoms with Crippen LogP contribution in [0.1, 0.15) is 45.6 Å². The van der Waals surface area contributed by atoms with Crippen molar-refractivity contribution >= 4 is 23.3 Å². The van der Waals surface area contributed by atoms with E-state index in [1.54, 1.807) is 16.2 Å². The molecule has 1 atom stereocenters. The van der Waals surface area contributed by atoms with Gasteiger partial charge in [-0.25, -0.2) is 4.79 Å². The average molecular weight is 338 g/mol. The summed E-state index contributed by atoms with van der Waals surface area (Å²) in [6.45, 7) is 6.79. The molecule has 2 heterocycles. The standard InChI is InChI=1S/C17H26N2O3S/c1-17(2,3)22-16(21)19-8-5-4-6-14(19)11-18-15(20)10-13-7-9-23-12-13/h7,9,12,14H,4-6,8,10-11H2,1-3H3,(H,18,20)/t14-/m0/s1. The topological polar surface area (TPSA) is 58.6 Å². The van der Waals surface area contributed by atoms with E-state index in [1.807, 2.05) is 37.6 Å². The van der Waals surface area contributed by atoms with E-state index in [0.29, 0.717) is 19.5 Å². The molecule has 0 radical (unpaired) electrons. The largest absolute Gasteiger partial charge is 0.444 e.